The first kappa shape index (κ1) is 12.6. The molecule has 96 valence electrons. The molecule has 0 radical (unpaired) electrons. The van der Waals surface area contributed by atoms with Crippen LogP contribution in [0.2, 0.25) is 0 Å². The summed E-state index contributed by atoms with van der Waals surface area (Å²) in [6.45, 7) is 2.81. The maximum atomic E-state index is 12.3. The molecule has 0 bridgehead atoms. The molecule has 2 heterocycles. The van der Waals surface area contributed by atoms with Gasteiger partial charge in [0.2, 0.25) is 10.0 Å². The van der Waals surface area contributed by atoms with E-state index in [1.807, 2.05) is 6.92 Å². The van der Waals surface area contributed by atoms with Gasteiger partial charge in [0.05, 0.1) is 24.7 Å². The van der Waals surface area contributed by atoms with Crippen LogP contribution in [0.3, 0.4) is 0 Å². The van der Waals surface area contributed by atoms with Crippen molar-refractivity contribution in [2.45, 2.75) is 24.5 Å². The summed E-state index contributed by atoms with van der Waals surface area (Å²) in [6, 6.07) is 1.29. The molecular weight excluding hydrogens is 244 g/mol. The summed E-state index contributed by atoms with van der Waals surface area (Å²) in [5, 5.41) is 8.92. The van der Waals surface area contributed by atoms with Gasteiger partial charge < -0.3 is 14.8 Å². The molecule has 0 spiro atoms. The summed E-state index contributed by atoms with van der Waals surface area (Å²) < 4.78 is 31.2. The number of aliphatic hydroxyl groups excluding tert-OH is 1. The lowest BCUT2D eigenvalue weighted by molar-refractivity contribution is 0.0393. The first-order valence-electron chi connectivity index (χ1n) is 5.43. The summed E-state index contributed by atoms with van der Waals surface area (Å²) in [4.78, 5) is 2.92. The van der Waals surface area contributed by atoms with Gasteiger partial charge in [-0.25, -0.2) is 8.42 Å². The number of nitrogens with zero attached hydrogens (tertiary/aromatic N) is 1. The van der Waals surface area contributed by atoms with Gasteiger partial charge in [0.15, 0.2) is 0 Å². The third-order valence-electron chi connectivity index (χ3n) is 2.80. The monoisotopic (exact) mass is 260 g/mol. The Balaban J connectivity index is 2.28. The highest BCUT2D eigenvalue weighted by atomic mass is 32.2. The van der Waals surface area contributed by atoms with Crippen molar-refractivity contribution in [1.82, 2.24) is 9.29 Å². The molecule has 17 heavy (non-hydrogen) atoms. The maximum absolute atomic E-state index is 12.3. The summed E-state index contributed by atoms with van der Waals surface area (Å²) in [5.41, 5.74) is 0.490. The number of aliphatic hydroxyl groups is 1. The molecule has 1 aromatic rings. The van der Waals surface area contributed by atoms with E-state index in [4.69, 9.17) is 9.84 Å². The van der Waals surface area contributed by atoms with Crippen LogP contribution in [0.5, 0.6) is 0 Å². The second-order valence-electron chi connectivity index (χ2n) is 4.06. The number of nitrogens with one attached hydrogen (secondary N) is 1. The Hall–Kier alpha value is -0.890. The number of rotatable bonds is 3. The lowest BCUT2D eigenvalue weighted by atomic mass is 10.3. The van der Waals surface area contributed by atoms with E-state index in [0.717, 1.165) is 0 Å². The van der Waals surface area contributed by atoms with Crippen LogP contribution in [0.4, 0.5) is 0 Å². The fourth-order valence-corrected chi connectivity index (χ4v) is 3.48. The number of hydrogen-bond donors (Lipinski definition) is 2. The van der Waals surface area contributed by atoms with Crippen LogP contribution in [-0.4, -0.2) is 48.6 Å². The topological polar surface area (TPSA) is 82.6 Å². The van der Waals surface area contributed by atoms with E-state index in [1.54, 1.807) is 0 Å². The SMILES string of the molecule is CC1COCCN1S(=O)(=O)c1c[nH]c(CO)c1. The molecule has 7 heteroatoms. The molecule has 1 atom stereocenters. The van der Waals surface area contributed by atoms with Crippen molar-refractivity contribution in [2.24, 2.45) is 0 Å². The van der Waals surface area contributed by atoms with Crippen molar-refractivity contribution in [3.8, 4) is 0 Å². The van der Waals surface area contributed by atoms with Gasteiger partial charge in [-0.3, -0.25) is 0 Å². The van der Waals surface area contributed by atoms with Gasteiger partial charge in [0.1, 0.15) is 0 Å². The van der Waals surface area contributed by atoms with E-state index in [2.05, 4.69) is 4.98 Å². The molecule has 0 amide bonds. The Labute approximate surface area is 100 Å². The molecule has 1 saturated heterocycles. The molecule has 0 saturated carbocycles. The average molecular weight is 260 g/mol. The number of H-pyrrole nitrogens is 1. The molecule has 1 aliphatic rings. The predicted octanol–water partition coefficient (Wildman–Crippen LogP) is -0.0836. The lowest BCUT2D eigenvalue weighted by Crippen LogP contribution is -2.46. The van der Waals surface area contributed by atoms with Crippen molar-refractivity contribution >= 4 is 10.0 Å². The quantitative estimate of drug-likeness (QED) is 0.796. The molecule has 2 N–H and O–H groups in total. The number of aromatic amines is 1. The van der Waals surface area contributed by atoms with Gasteiger partial charge in [0.25, 0.3) is 0 Å². The highest BCUT2D eigenvalue weighted by molar-refractivity contribution is 7.89. The Morgan fingerprint density at radius 2 is 2.41 bits per heavy atom. The standard InChI is InChI=1S/C10H16N2O4S/c1-8-7-16-3-2-12(8)17(14,15)10-4-9(6-13)11-5-10/h4-5,8,11,13H,2-3,6-7H2,1H3. The summed E-state index contributed by atoms with van der Waals surface area (Å²) in [5.74, 6) is 0. The van der Waals surface area contributed by atoms with Gasteiger partial charge in [-0.1, -0.05) is 0 Å². The van der Waals surface area contributed by atoms with Crippen molar-refractivity contribution in [3.05, 3.63) is 18.0 Å². The maximum Gasteiger partial charge on any atom is 0.244 e. The van der Waals surface area contributed by atoms with E-state index in [9.17, 15) is 8.42 Å². The van der Waals surface area contributed by atoms with Crippen LogP contribution in [-0.2, 0) is 21.4 Å². The van der Waals surface area contributed by atoms with Gasteiger partial charge >= 0.3 is 0 Å². The molecule has 6 nitrogen and oxygen atoms in total. The van der Waals surface area contributed by atoms with Gasteiger partial charge in [-0.05, 0) is 13.0 Å². The minimum absolute atomic E-state index is 0.166. The fraction of sp³-hybridized carbons (Fsp3) is 0.600. The van der Waals surface area contributed by atoms with E-state index in [1.165, 1.54) is 16.6 Å². The molecule has 0 aromatic carbocycles. The molecule has 1 fully saturated rings. The smallest absolute Gasteiger partial charge is 0.244 e. The Morgan fingerprint density at radius 3 is 3.00 bits per heavy atom. The van der Waals surface area contributed by atoms with Gasteiger partial charge in [-0.2, -0.15) is 4.31 Å². The van der Waals surface area contributed by atoms with Crippen LogP contribution in [0.1, 0.15) is 12.6 Å². The highest BCUT2D eigenvalue weighted by Gasteiger charge is 2.31. The molecular formula is C10H16N2O4S. The number of aromatic nitrogens is 1. The predicted molar refractivity (Wildman–Crippen MR) is 60.9 cm³/mol. The zero-order chi connectivity index (χ0) is 12.5. The Morgan fingerprint density at radius 1 is 1.65 bits per heavy atom. The van der Waals surface area contributed by atoms with Crippen molar-refractivity contribution in [2.75, 3.05) is 19.8 Å². The molecule has 1 aromatic heterocycles. The molecule has 0 aliphatic carbocycles. The molecule has 1 unspecified atom stereocenters. The van der Waals surface area contributed by atoms with Crippen LogP contribution in [0.15, 0.2) is 17.2 Å². The van der Waals surface area contributed by atoms with E-state index in [-0.39, 0.29) is 17.5 Å². The summed E-state index contributed by atoms with van der Waals surface area (Å²) >= 11 is 0. The zero-order valence-electron chi connectivity index (χ0n) is 9.59. The average Bonchev–Trinajstić information content (AvgIpc) is 2.78. The zero-order valence-corrected chi connectivity index (χ0v) is 10.4. The fourth-order valence-electron chi connectivity index (χ4n) is 1.86. The summed E-state index contributed by atoms with van der Waals surface area (Å²) in [6.07, 6.45) is 1.41. The first-order chi connectivity index (χ1) is 8.05. The second kappa shape index (κ2) is 4.77. The number of hydrogen-bond acceptors (Lipinski definition) is 4. The minimum Gasteiger partial charge on any atom is -0.390 e. The molecule has 2 rings (SSSR count). The largest absolute Gasteiger partial charge is 0.390 e. The van der Waals surface area contributed by atoms with Crippen molar-refractivity contribution < 1.29 is 18.3 Å². The van der Waals surface area contributed by atoms with Gasteiger partial charge in [-0.15, -0.1) is 0 Å². The number of sulfonamides is 1. The van der Waals surface area contributed by atoms with E-state index in [0.29, 0.717) is 25.5 Å². The lowest BCUT2D eigenvalue weighted by Gasteiger charge is -2.31. The second-order valence-corrected chi connectivity index (χ2v) is 5.95. The normalized spacial score (nSPS) is 22.8. The van der Waals surface area contributed by atoms with E-state index < -0.39 is 10.0 Å². The number of morpholine rings is 1. The van der Waals surface area contributed by atoms with Crippen LogP contribution in [0.25, 0.3) is 0 Å². The van der Waals surface area contributed by atoms with E-state index >= 15 is 0 Å². The number of ether oxygens (including phenoxy) is 1. The van der Waals surface area contributed by atoms with Crippen LogP contribution < -0.4 is 0 Å². The third-order valence-corrected chi connectivity index (χ3v) is 4.79. The Kier molecular flexibility index (Phi) is 3.53. The third kappa shape index (κ3) is 2.37. The molecule has 1 aliphatic heterocycles. The Bertz CT molecular complexity index is 482. The summed E-state index contributed by atoms with van der Waals surface area (Å²) in [7, 11) is -3.49. The van der Waals surface area contributed by atoms with Crippen LogP contribution >= 0.6 is 0 Å². The minimum atomic E-state index is -3.49. The van der Waals surface area contributed by atoms with Crippen molar-refractivity contribution in [1.29, 1.82) is 0 Å². The highest BCUT2D eigenvalue weighted by Crippen LogP contribution is 2.21. The first-order valence-corrected chi connectivity index (χ1v) is 6.87. The van der Waals surface area contributed by atoms with Crippen molar-refractivity contribution in [3.63, 3.8) is 0 Å². The van der Waals surface area contributed by atoms with Crippen LogP contribution in [0, 0.1) is 0 Å². The van der Waals surface area contributed by atoms with Gasteiger partial charge in [0, 0.05) is 24.5 Å².